The summed E-state index contributed by atoms with van der Waals surface area (Å²) in [4.78, 5) is 2.54. The summed E-state index contributed by atoms with van der Waals surface area (Å²) in [6.45, 7) is 6.65. The number of rotatable bonds is 4. The quantitative estimate of drug-likeness (QED) is 0.894. The Labute approximate surface area is 111 Å². The Kier molecular flexibility index (Phi) is 5.44. The molecule has 0 aromatic heterocycles. The molecule has 3 heteroatoms. The molecule has 96 valence electrons. The van der Waals surface area contributed by atoms with Gasteiger partial charge in [-0.05, 0) is 36.9 Å². The van der Waals surface area contributed by atoms with Crippen LogP contribution in [0.5, 0.6) is 0 Å². The Bertz CT molecular complexity index is 328. The molecule has 0 bridgehead atoms. The summed E-state index contributed by atoms with van der Waals surface area (Å²) in [7, 11) is 0. The maximum atomic E-state index is 5.81. The van der Waals surface area contributed by atoms with Crippen LogP contribution in [0.15, 0.2) is 30.3 Å². The predicted molar refractivity (Wildman–Crippen MR) is 75.6 cm³/mol. The molecule has 1 aromatic carbocycles. The van der Waals surface area contributed by atoms with E-state index in [1.165, 1.54) is 25.1 Å². The van der Waals surface area contributed by atoms with Crippen molar-refractivity contribution >= 4 is 12.4 Å². The molecule has 1 aliphatic heterocycles. The minimum Gasteiger partial charge on any atom is -0.330 e. The number of benzene rings is 1. The molecule has 2 N–H and O–H groups in total. The normalized spacial score (nSPS) is 24.6. The van der Waals surface area contributed by atoms with E-state index in [9.17, 15) is 0 Å². The topological polar surface area (TPSA) is 29.3 Å². The highest BCUT2D eigenvalue weighted by molar-refractivity contribution is 5.85. The molecule has 1 fully saturated rings. The molecule has 1 atom stereocenters. The van der Waals surface area contributed by atoms with E-state index in [0.29, 0.717) is 5.41 Å². The van der Waals surface area contributed by atoms with Crippen LogP contribution in [0.3, 0.4) is 0 Å². The second-order valence-corrected chi connectivity index (χ2v) is 5.28. The molecule has 0 aliphatic carbocycles. The van der Waals surface area contributed by atoms with Crippen LogP contribution in [0.1, 0.15) is 18.9 Å². The highest BCUT2D eigenvalue weighted by atomic mass is 35.5. The Hall–Kier alpha value is -0.570. The molecule has 0 saturated carbocycles. The first kappa shape index (κ1) is 14.5. The molecule has 0 spiro atoms. The minimum atomic E-state index is 0. The average Bonchev–Trinajstić information content (AvgIpc) is 2.71. The Balaban J connectivity index is 0.00000144. The molecule has 1 heterocycles. The van der Waals surface area contributed by atoms with E-state index >= 15 is 0 Å². The Morgan fingerprint density at radius 1 is 1.29 bits per heavy atom. The van der Waals surface area contributed by atoms with Gasteiger partial charge in [-0.2, -0.15) is 0 Å². The van der Waals surface area contributed by atoms with Crippen molar-refractivity contribution < 1.29 is 0 Å². The van der Waals surface area contributed by atoms with Crippen LogP contribution in [0, 0.1) is 5.41 Å². The van der Waals surface area contributed by atoms with E-state index in [2.05, 4.69) is 42.2 Å². The van der Waals surface area contributed by atoms with Crippen molar-refractivity contribution in [2.75, 3.05) is 26.2 Å². The lowest BCUT2D eigenvalue weighted by molar-refractivity contribution is 0.283. The van der Waals surface area contributed by atoms with E-state index in [-0.39, 0.29) is 12.4 Å². The standard InChI is InChI=1S/C14H22N2.ClH/c1-14(11-15)8-10-16(12-14)9-7-13-5-3-2-4-6-13;/h2-6H,7-12,15H2,1H3;1H. The SMILES string of the molecule is CC1(CN)CCN(CCc2ccccc2)C1.Cl. The van der Waals surface area contributed by atoms with E-state index in [1.54, 1.807) is 0 Å². The number of halogens is 1. The smallest absolute Gasteiger partial charge is 0.00480 e. The first-order valence-corrected chi connectivity index (χ1v) is 6.18. The minimum absolute atomic E-state index is 0. The van der Waals surface area contributed by atoms with Crippen molar-refractivity contribution in [2.24, 2.45) is 11.1 Å². The molecular formula is C14H23ClN2. The van der Waals surface area contributed by atoms with Gasteiger partial charge in [-0.15, -0.1) is 12.4 Å². The predicted octanol–water partition coefficient (Wildman–Crippen LogP) is 2.32. The molecule has 0 amide bonds. The molecule has 1 saturated heterocycles. The highest BCUT2D eigenvalue weighted by Gasteiger charge is 2.31. The van der Waals surface area contributed by atoms with Gasteiger partial charge in [0, 0.05) is 13.1 Å². The maximum absolute atomic E-state index is 5.81. The molecule has 1 unspecified atom stereocenters. The maximum Gasteiger partial charge on any atom is 0.00480 e. The zero-order valence-electron chi connectivity index (χ0n) is 10.6. The number of likely N-dealkylation sites (tertiary alicyclic amines) is 1. The number of nitrogens with zero attached hydrogens (tertiary/aromatic N) is 1. The Morgan fingerprint density at radius 3 is 2.59 bits per heavy atom. The van der Waals surface area contributed by atoms with Crippen molar-refractivity contribution in [3.63, 3.8) is 0 Å². The molecule has 2 rings (SSSR count). The van der Waals surface area contributed by atoms with Crippen molar-refractivity contribution in [1.82, 2.24) is 4.90 Å². The van der Waals surface area contributed by atoms with Gasteiger partial charge in [0.15, 0.2) is 0 Å². The van der Waals surface area contributed by atoms with Crippen LogP contribution in [0.4, 0.5) is 0 Å². The first-order chi connectivity index (χ1) is 7.72. The largest absolute Gasteiger partial charge is 0.330 e. The lowest BCUT2D eigenvalue weighted by Gasteiger charge is -2.22. The fourth-order valence-electron chi connectivity index (χ4n) is 2.42. The molecule has 1 aliphatic rings. The van der Waals surface area contributed by atoms with E-state index < -0.39 is 0 Å². The summed E-state index contributed by atoms with van der Waals surface area (Å²) in [5.41, 5.74) is 7.60. The molecule has 0 radical (unpaired) electrons. The van der Waals surface area contributed by atoms with Crippen LogP contribution >= 0.6 is 12.4 Å². The second kappa shape index (κ2) is 6.39. The van der Waals surface area contributed by atoms with E-state index in [4.69, 9.17) is 5.73 Å². The van der Waals surface area contributed by atoms with Gasteiger partial charge in [0.05, 0.1) is 0 Å². The number of hydrogen-bond acceptors (Lipinski definition) is 2. The third-order valence-corrected chi connectivity index (χ3v) is 3.69. The summed E-state index contributed by atoms with van der Waals surface area (Å²) in [5.74, 6) is 0. The third kappa shape index (κ3) is 3.98. The van der Waals surface area contributed by atoms with Gasteiger partial charge in [-0.1, -0.05) is 37.3 Å². The number of nitrogens with two attached hydrogens (primary N) is 1. The fraction of sp³-hybridized carbons (Fsp3) is 0.571. The monoisotopic (exact) mass is 254 g/mol. The molecule has 1 aromatic rings. The van der Waals surface area contributed by atoms with E-state index in [0.717, 1.165) is 19.5 Å². The van der Waals surface area contributed by atoms with E-state index in [1.807, 2.05) is 0 Å². The van der Waals surface area contributed by atoms with Crippen molar-refractivity contribution in [3.8, 4) is 0 Å². The van der Waals surface area contributed by atoms with Crippen molar-refractivity contribution in [2.45, 2.75) is 19.8 Å². The second-order valence-electron chi connectivity index (χ2n) is 5.28. The first-order valence-electron chi connectivity index (χ1n) is 6.18. The molecule has 2 nitrogen and oxygen atoms in total. The van der Waals surface area contributed by atoms with Gasteiger partial charge in [0.2, 0.25) is 0 Å². The zero-order chi connectivity index (χ0) is 11.4. The Morgan fingerprint density at radius 2 is 2.00 bits per heavy atom. The fourth-order valence-corrected chi connectivity index (χ4v) is 2.42. The summed E-state index contributed by atoms with van der Waals surface area (Å²) < 4.78 is 0. The van der Waals surface area contributed by atoms with Crippen LogP contribution in [-0.2, 0) is 6.42 Å². The van der Waals surface area contributed by atoms with Gasteiger partial charge >= 0.3 is 0 Å². The summed E-state index contributed by atoms with van der Waals surface area (Å²) >= 11 is 0. The number of hydrogen-bond donors (Lipinski definition) is 1. The van der Waals surface area contributed by atoms with Gasteiger partial charge < -0.3 is 10.6 Å². The molecule has 17 heavy (non-hydrogen) atoms. The van der Waals surface area contributed by atoms with Gasteiger partial charge in [0.1, 0.15) is 0 Å². The summed E-state index contributed by atoms with van der Waals surface area (Å²) in [6, 6.07) is 10.7. The van der Waals surface area contributed by atoms with Crippen LogP contribution in [-0.4, -0.2) is 31.1 Å². The summed E-state index contributed by atoms with van der Waals surface area (Å²) in [5, 5.41) is 0. The summed E-state index contributed by atoms with van der Waals surface area (Å²) in [6.07, 6.45) is 2.40. The lowest BCUT2D eigenvalue weighted by atomic mass is 9.90. The van der Waals surface area contributed by atoms with Crippen LogP contribution in [0.2, 0.25) is 0 Å². The van der Waals surface area contributed by atoms with Crippen LogP contribution < -0.4 is 5.73 Å². The van der Waals surface area contributed by atoms with Gasteiger partial charge in [-0.25, -0.2) is 0 Å². The third-order valence-electron chi connectivity index (χ3n) is 3.69. The zero-order valence-corrected chi connectivity index (χ0v) is 11.4. The lowest BCUT2D eigenvalue weighted by Crippen LogP contribution is -2.32. The van der Waals surface area contributed by atoms with Crippen LogP contribution in [0.25, 0.3) is 0 Å². The molecular weight excluding hydrogens is 232 g/mol. The van der Waals surface area contributed by atoms with Gasteiger partial charge in [-0.3, -0.25) is 0 Å². The average molecular weight is 255 g/mol. The van der Waals surface area contributed by atoms with Crippen molar-refractivity contribution in [1.29, 1.82) is 0 Å². The van der Waals surface area contributed by atoms with Gasteiger partial charge in [0.25, 0.3) is 0 Å². The highest BCUT2D eigenvalue weighted by Crippen LogP contribution is 2.28. The van der Waals surface area contributed by atoms with Crippen molar-refractivity contribution in [3.05, 3.63) is 35.9 Å².